The lowest BCUT2D eigenvalue weighted by Crippen LogP contribution is -2.33. The standard InChI is InChI=1S/C24H25FN4O3S/c1-31-24(30)16-2-4-20-21(12-16)29(13-17-8-11-32-17)22(26-20)14-28-9-6-15(7-10-28)19-5-3-18(25)23(33)27-19/h2-6,12,17H,7-11,13-14H2,1H3,(H,27,33)/t17-/m0/s1. The van der Waals surface area contributed by atoms with E-state index in [2.05, 4.69) is 33.2 Å². The summed E-state index contributed by atoms with van der Waals surface area (Å²) in [7, 11) is 1.38. The fraction of sp³-hybridized carbons (Fsp3) is 0.375. The normalized spacial score (nSPS) is 18.8. The van der Waals surface area contributed by atoms with Gasteiger partial charge in [-0.1, -0.05) is 6.08 Å². The largest absolute Gasteiger partial charge is 0.465 e. The quantitative estimate of drug-likeness (QED) is 0.439. The van der Waals surface area contributed by atoms with Crippen molar-refractivity contribution in [2.75, 3.05) is 26.8 Å². The lowest BCUT2D eigenvalue weighted by Gasteiger charge is -2.29. The first-order valence-corrected chi connectivity index (χ1v) is 11.4. The van der Waals surface area contributed by atoms with Crippen LogP contribution in [0.1, 0.15) is 34.7 Å². The molecule has 1 atom stereocenters. The van der Waals surface area contributed by atoms with Crippen molar-refractivity contribution in [3.63, 3.8) is 0 Å². The fourth-order valence-corrected chi connectivity index (χ4v) is 4.45. The number of esters is 1. The van der Waals surface area contributed by atoms with Gasteiger partial charge >= 0.3 is 5.97 Å². The summed E-state index contributed by atoms with van der Waals surface area (Å²) < 4.78 is 26.2. The fourth-order valence-electron chi connectivity index (χ4n) is 4.27. The van der Waals surface area contributed by atoms with Crippen LogP contribution in [0.15, 0.2) is 41.4 Å². The lowest BCUT2D eigenvalue weighted by atomic mass is 10.0. The van der Waals surface area contributed by atoms with Crippen LogP contribution in [0.5, 0.6) is 0 Å². The number of fused-ring (bicyclic) bond motifs is 1. The first-order valence-electron chi connectivity index (χ1n) is 11.0. The van der Waals surface area contributed by atoms with E-state index in [0.29, 0.717) is 18.7 Å². The maximum absolute atomic E-state index is 13.5. The number of imidazole rings is 1. The molecule has 7 nitrogen and oxygen atoms in total. The summed E-state index contributed by atoms with van der Waals surface area (Å²) in [6, 6.07) is 8.57. The number of nitrogens with zero attached hydrogens (tertiary/aromatic N) is 4. The third-order valence-electron chi connectivity index (χ3n) is 6.24. The predicted molar refractivity (Wildman–Crippen MR) is 125 cm³/mol. The molecule has 2 aromatic heterocycles. The summed E-state index contributed by atoms with van der Waals surface area (Å²) in [5.41, 5.74) is 4.13. The maximum atomic E-state index is 13.5. The van der Waals surface area contributed by atoms with Crippen LogP contribution in [-0.2, 0) is 22.6 Å². The Morgan fingerprint density at radius 3 is 2.82 bits per heavy atom. The van der Waals surface area contributed by atoms with Crippen molar-refractivity contribution in [3.05, 3.63) is 59.3 Å². The van der Waals surface area contributed by atoms with Gasteiger partial charge in [-0.25, -0.2) is 19.2 Å². The highest BCUT2D eigenvalue weighted by Crippen LogP contribution is 2.26. The molecule has 0 bridgehead atoms. The SMILES string of the molecule is COC(=O)c1ccc2nc(CN3CC=C(c4ccc(F)c(S)n4)CC3)n(C[C@@H]3CCO3)c2c1. The Morgan fingerprint density at radius 1 is 1.30 bits per heavy atom. The molecular weight excluding hydrogens is 443 g/mol. The van der Waals surface area contributed by atoms with E-state index in [1.807, 2.05) is 12.1 Å². The number of hydrogen-bond donors (Lipinski definition) is 1. The van der Waals surface area contributed by atoms with Gasteiger partial charge in [-0.2, -0.15) is 0 Å². The third kappa shape index (κ3) is 4.53. The van der Waals surface area contributed by atoms with E-state index in [4.69, 9.17) is 14.5 Å². The molecule has 5 rings (SSSR count). The number of methoxy groups -OCH3 is 1. The molecule has 0 spiro atoms. The van der Waals surface area contributed by atoms with Crippen molar-refractivity contribution < 1.29 is 18.7 Å². The van der Waals surface area contributed by atoms with Crippen LogP contribution >= 0.6 is 12.6 Å². The molecule has 4 heterocycles. The van der Waals surface area contributed by atoms with E-state index in [1.54, 1.807) is 12.1 Å². The van der Waals surface area contributed by atoms with Crippen LogP contribution in [0.2, 0.25) is 0 Å². The molecule has 1 saturated heterocycles. The minimum Gasteiger partial charge on any atom is -0.465 e. The molecule has 0 N–H and O–H groups in total. The molecule has 1 aromatic carbocycles. The van der Waals surface area contributed by atoms with Gasteiger partial charge in [0.05, 0.1) is 48.6 Å². The van der Waals surface area contributed by atoms with Crippen molar-refractivity contribution in [3.8, 4) is 0 Å². The van der Waals surface area contributed by atoms with Gasteiger partial charge in [0.15, 0.2) is 5.82 Å². The number of halogens is 1. The van der Waals surface area contributed by atoms with Gasteiger partial charge in [-0.3, -0.25) is 4.90 Å². The van der Waals surface area contributed by atoms with Crippen LogP contribution in [0.25, 0.3) is 16.6 Å². The van der Waals surface area contributed by atoms with Crippen LogP contribution in [-0.4, -0.2) is 58.3 Å². The number of pyridine rings is 1. The molecule has 1 fully saturated rings. The van der Waals surface area contributed by atoms with Gasteiger partial charge in [0.1, 0.15) is 10.9 Å². The minimum absolute atomic E-state index is 0.120. The second-order valence-electron chi connectivity index (χ2n) is 8.33. The van der Waals surface area contributed by atoms with Crippen molar-refractivity contribution in [2.24, 2.45) is 0 Å². The summed E-state index contributed by atoms with van der Waals surface area (Å²) in [6.45, 7) is 3.74. The first-order chi connectivity index (χ1) is 16.0. The summed E-state index contributed by atoms with van der Waals surface area (Å²) >= 11 is 4.10. The molecule has 0 unspecified atom stereocenters. The predicted octanol–water partition coefficient (Wildman–Crippen LogP) is 3.72. The average Bonchev–Trinajstić information content (AvgIpc) is 3.14. The number of hydrogen-bond acceptors (Lipinski definition) is 7. The molecule has 33 heavy (non-hydrogen) atoms. The highest BCUT2D eigenvalue weighted by molar-refractivity contribution is 7.80. The van der Waals surface area contributed by atoms with Crippen LogP contribution < -0.4 is 0 Å². The first kappa shape index (κ1) is 22.1. The van der Waals surface area contributed by atoms with E-state index < -0.39 is 5.82 Å². The van der Waals surface area contributed by atoms with Gasteiger partial charge in [0.2, 0.25) is 0 Å². The van der Waals surface area contributed by atoms with E-state index in [9.17, 15) is 9.18 Å². The number of carbonyl (C=O) groups is 1. The average molecular weight is 469 g/mol. The minimum atomic E-state index is -0.412. The van der Waals surface area contributed by atoms with Crippen molar-refractivity contribution in [1.29, 1.82) is 0 Å². The van der Waals surface area contributed by atoms with E-state index in [1.165, 1.54) is 13.2 Å². The molecule has 0 aliphatic carbocycles. The van der Waals surface area contributed by atoms with E-state index >= 15 is 0 Å². The van der Waals surface area contributed by atoms with Crippen LogP contribution in [0.4, 0.5) is 4.39 Å². The Balaban J connectivity index is 1.39. The number of benzene rings is 1. The van der Waals surface area contributed by atoms with Gasteiger partial charge in [-0.05, 0) is 48.7 Å². The highest BCUT2D eigenvalue weighted by atomic mass is 32.1. The summed E-state index contributed by atoms with van der Waals surface area (Å²) in [4.78, 5) is 23.5. The Morgan fingerprint density at radius 2 is 2.15 bits per heavy atom. The number of ether oxygens (including phenoxy) is 2. The Labute approximate surface area is 196 Å². The van der Waals surface area contributed by atoms with Gasteiger partial charge < -0.3 is 14.0 Å². The van der Waals surface area contributed by atoms with E-state index in [0.717, 1.165) is 60.7 Å². The second-order valence-corrected chi connectivity index (χ2v) is 8.76. The van der Waals surface area contributed by atoms with Gasteiger partial charge in [0.25, 0.3) is 0 Å². The Kier molecular flexibility index (Phi) is 6.18. The number of aromatic nitrogens is 3. The molecule has 172 valence electrons. The topological polar surface area (TPSA) is 69.5 Å². The molecule has 2 aliphatic rings. The van der Waals surface area contributed by atoms with Gasteiger partial charge in [-0.15, -0.1) is 12.6 Å². The summed E-state index contributed by atoms with van der Waals surface area (Å²) in [5, 5.41) is 0.120. The summed E-state index contributed by atoms with van der Waals surface area (Å²) in [6.07, 6.45) is 4.12. The van der Waals surface area contributed by atoms with Crippen molar-refractivity contribution in [2.45, 2.75) is 37.1 Å². The van der Waals surface area contributed by atoms with Crippen LogP contribution in [0.3, 0.4) is 0 Å². The Bertz CT molecular complexity index is 1240. The zero-order chi connectivity index (χ0) is 22.9. The van der Waals surface area contributed by atoms with Crippen LogP contribution in [0, 0.1) is 5.82 Å². The third-order valence-corrected chi connectivity index (χ3v) is 6.56. The molecular formula is C24H25FN4O3S. The number of thiol groups is 1. The molecule has 0 radical (unpaired) electrons. The zero-order valence-corrected chi connectivity index (χ0v) is 19.2. The molecule has 2 aliphatic heterocycles. The molecule has 9 heteroatoms. The van der Waals surface area contributed by atoms with Crippen molar-refractivity contribution >= 4 is 35.2 Å². The highest BCUT2D eigenvalue weighted by Gasteiger charge is 2.24. The zero-order valence-electron chi connectivity index (χ0n) is 18.3. The second kappa shape index (κ2) is 9.24. The summed E-state index contributed by atoms with van der Waals surface area (Å²) in [5.74, 6) is 0.167. The number of carbonyl (C=O) groups excluding carboxylic acids is 1. The maximum Gasteiger partial charge on any atom is 0.337 e. The van der Waals surface area contributed by atoms with Crippen molar-refractivity contribution in [1.82, 2.24) is 19.4 Å². The number of rotatable bonds is 6. The molecule has 0 saturated carbocycles. The molecule has 0 amide bonds. The molecule has 3 aromatic rings. The Hall–Kier alpha value is -2.75. The lowest BCUT2D eigenvalue weighted by molar-refractivity contribution is -0.0591. The van der Waals surface area contributed by atoms with Gasteiger partial charge in [0, 0.05) is 19.7 Å². The smallest absolute Gasteiger partial charge is 0.337 e. The monoisotopic (exact) mass is 468 g/mol. The van der Waals surface area contributed by atoms with E-state index in [-0.39, 0.29) is 17.1 Å².